The minimum Gasteiger partial charge on any atom is -0.329 e. The maximum Gasteiger partial charge on any atom is 0.331 e. The largest absolute Gasteiger partial charge is 0.331 e. The van der Waals surface area contributed by atoms with Gasteiger partial charge in [-0.05, 0) is 0 Å². The molecule has 0 aromatic rings. The Labute approximate surface area is 172 Å². The fourth-order valence-electron chi connectivity index (χ4n) is 2.68. The summed E-state index contributed by atoms with van der Waals surface area (Å²) in [6.07, 6.45) is 2.61. The molecule has 2 fully saturated rings. The van der Waals surface area contributed by atoms with Crippen LogP contribution in [0.3, 0.4) is 0 Å². The highest BCUT2D eigenvalue weighted by Crippen LogP contribution is 2.16. The number of hydrogen-bond acceptors (Lipinski definition) is 10. The van der Waals surface area contributed by atoms with E-state index in [2.05, 4.69) is 20.0 Å². The Balaban J connectivity index is 0.000000182. The zero-order chi connectivity index (χ0) is 22.6. The molecule has 4 aliphatic heterocycles. The van der Waals surface area contributed by atoms with Crippen LogP contribution < -0.4 is 11.5 Å². The van der Waals surface area contributed by atoms with Gasteiger partial charge < -0.3 is 11.5 Å². The molecule has 162 valence electrons. The third-order valence-electron chi connectivity index (χ3n) is 4.43. The zero-order valence-electron chi connectivity index (χ0n) is 17.1. The van der Waals surface area contributed by atoms with Gasteiger partial charge in [0.25, 0.3) is 11.8 Å². The fourth-order valence-corrected chi connectivity index (χ4v) is 2.68. The van der Waals surface area contributed by atoms with E-state index in [1.807, 2.05) is 0 Å². The second-order valence-corrected chi connectivity index (χ2v) is 6.36. The second kappa shape index (κ2) is 9.32. The van der Waals surface area contributed by atoms with Gasteiger partial charge in [0.1, 0.15) is 24.3 Å². The molecule has 0 radical (unpaired) electrons. The van der Waals surface area contributed by atoms with Gasteiger partial charge in [-0.15, -0.1) is 0 Å². The number of carbonyl (C=O) groups is 4. The highest BCUT2D eigenvalue weighted by molar-refractivity contribution is 6.24. The van der Waals surface area contributed by atoms with Crippen molar-refractivity contribution in [3.63, 3.8) is 0 Å². The SMILES string of the molecule is CN1C(=O)C2N=CN=C2N(C)C1=O.CN1C(=O)C2N=CN=C2N(C)C1=O.NCCN. The van der Waals surface area contributed by atoms with E-state index in [0.29, 0.717) is 24.8 Å². The van der Waals surface area contributed by atoms with Crippen LogP contribution in [0, 0.1) is 0 Å². The molecule has 4 rings (SSSR count). The number of likely N-dealkylation sites (N-methyl/N-ethyl adjacent to an activating group) is 4. The van der Waals surface area contributed by atoms with Crippen LogP contribution in [0.5, 0.6) is 0 Å². The number of fused-ring (bicyclic) bond motifs is 2. The lowest BCUT2D eigenvalue weighted by atomic mass is 10.2. The van der Waals surface area contributed by atoms with E-state index in [1.165, 1.54) is 36.6 Å². The van der Waals surface area contributed by atoms with Crippen molar-refractivity contribution < 1.29 is 19.2 Å². The summed E-state index contributed by atoms with van der Waals surface area (Å²) in [6.45, 7) is 1.19. The summed E-state index contributed by atoms with van der Waals surface area (Å²) in [7, 11) is 6.02. The highest BCUT2D eigenvalue weighted by Gasteiger charge is 2.42. The third kappa shape index (κ3) is 4.08. The molecule has 0 aromatic carbocycles. The van der Waals surface area contributed by atoms with Crippen molar-refractivity contribution in [1.29, 1.82) is 0 Å². The summed E-state index contributed by atoms with van der Waals surface area (Å²) in [5, 5.41) is 0. The normalized spacial score (nSPS) is 24.1. The molecule has 4 heterocycles. The lowest BCUT2D eigenvalue weighted by molar-refractivity contribution is -0.129. The molecule has 0 aliphatic carbocycles. The second-order valence-electron chi connectivity index (χ2n) is 6.36. The molecule has 0 spiro atoms. The minimum atomic E-state index is -0.618. The Morgan fingerprint density at radius 1 is 0.700 bits per heavy atom. The fraction of sp³-hybridized carbons (Fsp3) is 0.500. The topological polar surface area (TPSA) is 183 Å². The Morgan fingerprint density at radius 2 is 1.03 bits per heavy atom. The van der Waals surface area contributed by atoms with Crippen molar-refractivity contribution in [3.8, 4) is 0 Å². The van der Waals surface area contributed by atoms with Gasteiger partial charge in [0.2, 0.25) is 0 Å². The van der Waals surface area contributed by atoms with Gasteiger partial charge in [0.15, 0.2) is 12.1 Å². The molecule has 0 bridgehead atoms. The van der Waals surface area contributed by atoms with Gasteiger partial charge in [-0.3, -0.25) is 39.2 Å². The van der Waals surface area contributed by atoms with Crippen molar-refractivity contribution in [2.45, 2.75) is 12.1 Å². The van der Waals surface area contributed by atoms with Crippen LogP contribution in [0.25, 0.3) is 0 Å². The molecule has 14 nitrogen and oxygen atoms in total. The molecule has 4 N–H and O–H groups in total. The van der Waals surface area contributed by atoms with Crippen molar-refractivity contribution in [3.05, 3.63) is 0 Å². The average molecular weight is 420 g/mol. The number of aliphatic imine (C=N–C) groups is 4. The van der Waals surface area contributed by atoms with E-state index in [-0.39, 0.29) is 23.9 Å². The van der Waals surface area contributed by atoms with E-state index in [9.17, 15) is 19.2 Å². The van der Waals surface area contributed by atoms with E-state index in [4.69, 9.17) is 11.5 Å². The van der Waals surface area contributed by atoms with Gasteiger partial charge in [0, 0.05) is 41.3 Å². The minimum absolute atomic E-state index is 0.324. The van der Waals surface area contributed by atoms with Crippen LogP contribution in [-0.2, 0) is 9.59 Å². The lowest BCUT2D eigenvalue weighted by Crippen LogP contribution is -2.58. The summed E-state index contributed by atoms with van der Waals surface area (Å²) in [5.74, 6) is 0.174. The first kappa shape index (κ1) is 22.8. The van der Waals surface area contributed by atoms with Gasteiger partial charge in [-0.1, -0.05) is 0 Å². The van der Waals surface area contributed by atoms with Crippen LogP contribution in [0.1, 0.15) is 0 Å². The molecule has 30 heavy (non-hydrogen) atoms. The first-order valence-electron chi connectivity index (χ1n) is 8.86. The molecule has 4 aliphatic rings. The van der Waals surface area contributed by atoms with E-state index in [1.54, 1.807) is 14.1 Å². The summed E-state index contributed by atoms with van der Waals surface area (Å²) >= 11 is 0. The van der Waals surface area contributed by atoms with Crippen molar-refractivity contribution >= 4 is 48.2 Å². The molecule has 0 saturated carbocycles. The van der Waals surface area contributed by atoms with Crippen molar-refractivity contribution in [2.24, 2.45) is 31.4 Å². The van der Waals surface area contributed by atoms with Crippen LogP contribution >= 0.6 is 0 Å². The van der Waals surface area contributed by atoms with E-state index >= 15 is 0 Å². The lowest BCUT2D eigenvalue weighted by Gasteiger charge is -2.31. The molecule has 2 atom stereocenters. The number of amidine groups is 2. The Morgan fingerprint density at radius 3 is 1.33 bits per heavy atom. The molecular weight excluding hydrogens is 396 g/mol. The van der Waals surface area contributed by atoms with Gasteiger partial charge in [-0.25, -0.2) is 19.6 Å². The number of nitrogens with zero attached hydrogens (tertiary/aromatic N) is 8. The predicted molar refractivity (Wildman–Crippen MR) is 109 cm³/mol. The quantitative estimate of drug-likeness (QED) is 0.474. The van der Waals surface area contributed by atoms with Crippen LogP contribution in [0.15, 0.2) is 20.0 Å². The number of carbonyl (C=O) groups excluding carboxylic acids is 4. The molecule has 14 heteroatoms. The van der Waals surface area contributed by atoms with Gasteiger partial charge >= 0.3 is 12.1 Å². The summed E-state index contributed by atoms with van der Waals surface area (Å²) in [5.41, 5.74) is 9.81. The maximum absolute atomic E-state index is 11.4. The Bertz CT molecular complexity index is 794. The Hall–Kier alpha value is -3.52. The number of rotatable bonds is 1. The summed E-state index contributed by atoms with van der Waals surface area (Å²) in [6, 6.07) is -1.98. The van der Waals surface area contributed by atoms with E-state index < -0.39 is 12.1 Å². The van der Waals surface area contributed by atoms with Gasteiger partial charge in [-0.2, -0.15) is 0 Å². The third-order valence-corrected chi connectivity index (χ3v) is 4.43. The standard InChI is InChI=1S/2C7H8N4O2.C2H8N2/c2*1-10-5-4(8-3-9-5)6(12)11(2)7(10)13;3-1-2-4/h2*3-4H,1-2H3;1-4H2. The monoisotopic (exact) mass is 420 g/mol. The number of urea groups is 2. The summed E-state index contributed by atoms with van der Waals surface area (Å²) < 4.78 is 0. The zero-order valence-corrected chi connectivity index (χ0v) is 17.1. The van der Waals surface area contributed by atoms with Crippen molar-refractivity contribution in [2.75, 3.05) is 41.3 Å². The maximum atomic E-state index is 11.4. The molecule has 2 unspecified atom stereocenters. The average Bonchev–Trinajstić information content (AvgIpc) is 3.44. The first-order valence-corrected chi connectivity index (χ1v) is 8.86. The number of imide groups is 2. The number of amides is 6. The van der Waals surface area contributed by atoms with Crippen LogP contribution in [-0.4, -0.2) is 121 Å². The number of hydrogen-bond donors (Lipinski definition) is 2. The number of nitrogens with two attached hydrogens (primary N) is 2. The highest BCUT2D eigenvalue weighted by atomic mass is 16.2. The van der Waals surface area contributed by atoms with Gasteiger partial charge in [0.05, 0.1) is 0 Å². The Kier molecular flexibility index (Phi) is 7.07. The molecule has 2 saturated heterocycles. The molecule has 6 amide bonds. The summed E-state index contributed by atoms with van der Waals surface area (Å²) in [4.78, 5) is 65.8. The first-order chi connectivity index (χ1) is 14.2. The van der Waals surface area contributed by atoms with E-state index in [0.717, 1.165) is 9.80 Å². The predicted octanol–water partition coefficient (Wildman–Crippen LogP) is -2.46. The van der Waals surface area contributed by atoms with Crippen molar-refractivity contribution in [1.82, 2.24) is 19.6 Å². The smallest absolute Gasteiger partial charge is 0.329 e. The molecular formula is C16H24N10O4. The van der Waals surface area contributed by atoms with Crippen LogP contribution in [0.2, 0.25) is 0 Å². The van der Waals surface area contributed by atoms with Crippen LogP contribution in [0.4, 0.5) is 9.59 Å². The molecule has 0 aromatic heterocycles.